The number of fused-ring (bicyclic) bond motifs is 4. The molecule has 0 atom stereocenters. The lowest BCUT2D eigenvalue weighted by atomic mass is 10.0. The number of ether oxygens (including phenoxy) is 1. The van der Waals surface area contributed by atoms with Crippen LogP contribution in [0.2, 0.25) is 20.1 Å². The molecule has 4 heterocycles. The minimum absolute atomic E-state index is 0.000523. The molecule has 12 aromatic rings. The van der Waals surface area contributed by atoms with E-state index in [1.807, 2.05) is 67.2 Å². The number of hydrogen-bond donors (Lipinski definition) is 1. The summed E-state index contributed by atoms with van der Waals surface area (Å²) in [6.45, 7) is 17.7. The monoisotopic (exact) mass is 1320 g/mol. The van der Waals surface area contributed by atoms with Crippen molar-refractivity contribution in [3.05, 3.63) is 268 Å². The lowest BCUT2D eigenvalue weighted by Gasteiger charge is -2.08. The van der Waals surface area contributed by atoms with E-state index in [-0.39, 0.29) is 48.0 Å². The number of phenolic OH excluding ortho intramolecular Hbond substituents is 1. The van der Waals surface area contributed by atoms with E-state index in [1.165, 1.54) is 46.0 Å². The highest BCUT2D eigenvalue weighted by Crippen LogP contribution is 2.35. The fourth-order valence-electron chi connectivity index (χ4n) is 12.0. The first-order valence-corrected chi connectivity index (χ1v) is 31.9. The van der Waals surface area contributed by atoms with Crippen LogP contribution < -0.4 is 4.74 Å². The zero-order valence-corrected chi connectivity index (χ0v) is 56.4. The Morgan fingerprint density at radius 3 is 1.13 bits per heavy atom. The number of aldehydes is 1. The molecule has 12 nitrogen and oxygen atoms in total. The second-order valence-electron chi connectivity index (χ2n) is 22.8. The van der Waals surface area contributed by atoms with E-state index in [1.54, 1.807) is 132 Å². The van der Waals surface area contributed by atoms with E-state index in [0.717, 1.165) is 75.7 Å². The minimum atomic E-state index is -0.199. The van der Waals surface area contributed by atoms with E-state index < -0.39 is 0 Å². The minimum Gasteiger partial charge on any atom is -0.508 e. The third-order valence-electron chi connectivity index (χ3n) is 16.6. The highest BCUT2D eigenvalue weighted by Gasteiger charge is 2.25. The second kappa shape index (κ2) is 29.5. The van der Waals surface area contributed by atoms with Gasteiger partial charge in [-0.05, 0) is 241 Å². The summed E-state index contributed by atoms with van der Waals surface area (Å²) in [7, 11) is 1.59. The molecule has 0 amide bonds. The van der Waals surface area contributed by atoms with Crippen LogP contribution in [0.5, 0.6) is 11.5 Å². The van der Waals surface area contributed by atoms with Gasteiger partial charge in [-0.15, -0.1) is 0 Å². The van der Waals surface area contributed by atoms with Crippen LogP contribution in [0.1, 0.15) is 125 Å². The lowest BCUT2D eigenvalue weighted by Crippen LogP contribution is -2.14. The van der Waals surface area contributed by atoms with E-state index >= 15 is 0 Å². The standard InChI is InChI=1S/C20H20ClNO.2C19H16ClNO3.C19H18ClNO/c1-4-5-17-14(3)22(19-11-6-13(2)12-18(17)19)20(23)15-7-9-16(21)10-8-15;1-11(22)9-16-12(2)21(18-8-7-15(23)10-17(16)18)19(24)13-3-5-14(20)6-4-13;1-12-16(9-10-22)17-11-15(24-2)7-8-18(17)21(12)19(23)13-3-5-14(20)6-4-13;1-4-16-13(3)21(18-10-5-12(2)11-17(16)18)19(22)14-6-8-15(20)9-7-14/h6-12H,4-5H2,1-3H3;3-8,10,23H,9H2,1-2H3;3-8,10-11H,9H2,1-2H3;5-11H,4H2,1-3H3. The number of nitrogens with zero attached hydrogens (tertiary/aromatic N) is 4. The Labute approximate surface area is 560 Å². The molecule has 4 aromatic heterocycles. The van der Waals surface area contributed by atoms with E-state index in [0.29, 0.717) is 64.7 Å². The number of methoxy groups -OCH3 is 1. The molecule has 0 unspecified atom stereocenters. The van der Waals surface area contributed by atoms with Crippen molar-refractivity contribution in [2.45, 2.75) is 94.4 Å². The lowest BCUT2D eigenvalue weighted by molar-refractivity contribution is -0.116. The summed E-state index contributed by atoms with van der Waals surface area (Å²) in [5.41, 5.74) is 15.7. The van der Waals surface area contributed by atoms with Crippen LogP contribution in [0.25, 0.3) is 43.6 Å². The van der Waals surface area contributed by atoms with E-state index in [4.69, 9.17) is 51.1 Å². The van der Waals surface area contributed by atoms with Crippen molar-refractivity contribution < 1.29 is 38.6 Å². The third-order valence-corrected chi connectivity index (χ3v) is 17.6. The van der Waals surface area contributed by atoms with Gasteiger partial charge in [0.05, 0.1) is 29.2 Å². The number of benzene rings is 8. The summed E-state index contributed by atoms with van der Waals surface area (Å²) in [6.07, 6.45) is 4.25. The van der Waals surface area contributed by atoms with Crippen molar-refractivity contribution in [3.63, 3.8) is 0 Å². The van der Waals surface area contributed by atoms with Gasteiger partial charge in [0.25, 0.3) is 23.6 Å². The predicted molar refractivity (Wildman–Crippen MR) is 377 cm³/mol. The number of aromatic hydroxyl groups is 1. The van der Waals surface area contributed by atoms with Gasteiger partial charge in [0.15, 0.2) is 0 Å². The van der Waals surface area contributed by atoms with Crippen molar-refractivity contribution in [2.75, 3.05) is 7.11 Å². The van der Waals surface area contributed by atoms with Crippen LogP contribution in [0.4, 0.5) is 0 Å². The molecule has 0 fully saturated rings. The molecule has 0 aliphatic heterocycles. The molecule has 93 heavy (non-hydrogen) atoms. The number of aromatic nitrogens is 4. The SMILES string of the molecule is CC(=O)Cc1c(C)n(C(=O)c2ccc(Cl)cc2)c2ccc(O)cc12.CCCc1c(C)n(C(=O)c2ccc(Cl)cc2)c2ccc(C)cc12.CCc1c(C)n(C(=O)c2ccc(Cl)cc2)c2ccc(C)cc12.COc1ccc2c(c1)c(CC=O)c(C)n2C(=O)c1ccc(Cl)cc1. The number of ketones is 1. The average Bonchev–Trinajstić information content (AvgIpc) is 1.65. The first kappa shape index (κ1) is 68.1. The largest absolute Gasteiger partial charge is 0.508 e. The molecule has 1 N–H and O–H groups in total. The number of phenols is 1. The maximum absolute atomic E-state index is 13.0. The molecule has 0 saturated heterocycles. The highest BCUT2D eigenvalue weighted by molar-refractivity contribution is 6.31. The molecule has 0 aliphatic rings. The van der Waals surface area contributed by atoms with E-state index in [2.05, 4.69) is 45.9 Å². The summed E-state index contributed by atoms with van der Waals surface area (Å²) in [5, 5.41) is 16.1. The Morgan fingerprint density at radius 1 is 0.430 bits per heavy atom. The van der Waals surface area contributed by atoms with Crippen molar-refractivity contribution in [1.29, 1.82) is 0 Å². The molecule has 0 bridgehead atoms. The smallest absolute Gasteiger partial charge is 0.262 e. The van der Waals surface area contributed by atoms with E-state index in [9.17, 15) is 33.9 Å². The molecular weight excluding hydrogens is 1250 g/mol. The van der Waals surface area contributed by atoms with Crippen molar-refractivity contribution in [3.8, 4) is 11.5 Å². The molecule has 0 radical (unpaired) electrons. The summed E-state index contributed by atoms with van der Waals surface area (Å²) in [4.78, 5) is 74.5. The predicted octanol–water partition coefficient (Wildman–Crippen LogP) is 18.9. The zero-order chi connectivity index (χ0) is 67.1. The summed E-state index contributed by atoms with van der Waals surface area (Å²) < 4.78 is 12.1. The Morgan fingerprint density at radius 2 is 0.763 bits per heavy atom. The fourth-order valence-corrected chi connectivity index (χ4v) is 12.5. The Kier molecular flexibility index (Phi) is 21.6. The summed E-state index contributed by atoms with van der Waals surface area (Å²) in [5.74, 6) is 0.415. The first-order valence-electron chi connectivity index (χ1n) is 30.4. The van der Waals surface area contributed by atoms with Crippen LogP contribution in [-0.2, 0) is 35.3 Å². The molecule has 12 rings (SSSR count). The summed E-state index contributed by atoms with van der Waals surface area (Å²) in [6, 6.07) is 50.4. The van der Waals surface area contributed by atoms with Gasteiger partial charge in [-0.25, -0.2) is 0 Å². The molecule has 0 aliphatic carbocycles. The van der Waals surface area contributed by atoms with Crippen LogP contribution in [-0.4, -0.2) is 66.2 Å². The van der Waals surface area contributed by atoms with Gasteiger partial charge >= 0.3 is 0 Å². The first-order chi connectivity index (χ1) is 44.5. The molecule has 474 valence electrons. The molecule has 0 saturated carbocycles. The number of aryl methyl sites for hydroxylation is 4. The number of hydrogen-bond acceptors (Lipinski definition) is 8. The molecule has 16 heteroatoms. The van der Waals surface area contributed by atoms with Crippen LogP contribution in [0, 0.1) is 41.5 Å². The number of carbonyl (C=O) groups excluding carboxylic acids is 6. The Hall–Kier alpha value is -9.30. The molecular formula is C77H70Cl4N4O8. The number of halogens is 4. The van der Waals surface area contributed by atoms with Gasteiger partial charge < -0.3 is 14.6 Å². The highest BCUT2D eigenvalue weighted by atomic mass is 35.5. The summed E-state index contributed by atoms with van der Waals surface area (Å²) >= 11 is 23.6. The normalized spacial score (nSPS) is 11.0. The topological polar surface area (TPSA) is 152 Å². The average molecular weight is 1320 g/mol. The van der Waals surface area contributed by atoms with Gasteiger partial charge in [0.1, 0.15) is 23.6 Å². The Balaban J connectivity index is 0.000000146. The van der Waals surface area contributed by atoms with Gasteiger partial charge in [-0.3, -0.25) is 42.2 Å². The van der Waals surface area contributed by atoms with Gasteiger partial charge in [-0.1, -0.05) is 89.9 Å². The fraction of sp³-hybridized carbons (Fsp3) is 0.195. The van der Waals surface area contributed by atoms with Crippen molar-refractivity contribution >= 4 is 126 Å². The number of carbonyl (C=O) groups is 6. The maximum atomic E-state index is 13.0. The third kappa shape index (κ3) is 14.5. The zero-order valence-electron chi connectivity index (χ0n) is 53.4. The Bertz CT molecular complexity index is 4840. The van der Waals surface area contributed by atoms with Crippen molar-refractivity contribution in [2.24, 2.45) is 0 Å². The molecule has 0 spiro atoms. The van der Waals surface area contributed by atoms with Crippen LogP contribution >= 0.6 is 46.4 Å². The van der Waals surface area contributed by atoms with Crippen LogP contribution in [0.3, 0.4) is 0 Å². The second-order valence-corrected chi connectivity index (χ2v) is 24.6. The van der Waals surface area contributed by atoms with Gasteiger partial charge in [0, 0.05) is 99.5 Å². The van der Waals surface area contributed by atoms with Gasteiger partial charge in [-0.2, -0.15) is 0 Å². The quantitative estimate of drug-likeness (QED) is 0.119. The molecule has 8 aromatic carbocycles. The maximum Gasteiger partial charge on any atom is 0.262 e. The number of rotatable bonds is 12. The van der Waals surface area contributed by atoms with Gasteiger partial charge in [0.2, 0.25) is 0 Å². The van der Waals surface area contributed by atoms with Crippen LogP contribution in [0.15, 0.2) is 170 Å². The number of Topliss-reactive ketones (excluding diaryl/α,β-unsaturated/α-hetero) is 1. The van der Waals surface area contributed by atoms with Crippen molar-refractivity contribution in [1.82, 2.24) is 18.3 Å².